The lowest BCUT2D eigenvalue weighted by Crippen LogP contribution is -2.49. The Balaban J connectivity index is 1.51. The summed E-state index contributed by atoms with van der Waals surface area (Å²) >= 11 is 7.37. The number of phenols is 1. The average molecular weight is 432 g/mol. The van der Waals surface area contributed by atoms with Crippen molar-refractivity contribution < 1.29 is 14.6 Å². The van der Waals surface area contributed by atoms with Crippen LogP contribution in [-0.4, -0.2) is 72.2 Å². The van der Waals surface area contributed by atoms with E-state index in [1.54, 1.807) is 19.2 Å². The van der Waals surface area contributed by atoms with Crippen LogP contribution in [0.3, 0.4) is 0 Å². The van der Waals surface area contributed by atoms with E-state index in [0.29, 0.717) is 40.9 Å². The molecule has 1 saturated heterocycles. The fourth-order valence-corrected chi connectivity index (χ4v) is 4.64. The van der Waals surface area contributed by atoms with Crippen LogP contribution in [0.2, 0.25) is 5.02 Å². The molecule has 1 aliphatic heterocycles. The monoisotopic (exact) mass is 431 g/mol. The zero-order valence-electron chi connectivity index (χ0n) is 16.1. The van der Waals surface area contributed by atoms with E-state index < -0.39 is 0 Å². The van der Waals surface area contributed by atoms with Crippen molar-refractivity contribution in [3.63, 3.8) is 0 Å². The Morgan fingerprint density at radius 2 is 2.00 bits per heavy atom. The normalized spacial score (nSPS) is 15.2. The molecule has 0 atom stereocenters. The van der Waals surface area contributed by atoms with Gasteiger partial charge in [-0.25, -0.2) is 4.98 Å². The second kappa shape index (κ2) is 8.67. The zero-order chi connectivity index (χ0) is 20.4. The predicted octanol–water partition coefficient (Wildman–Crippen LogP) is 3.73. The molecule has 29 heavy (non-hydrogen) atoms. The number of nitrogens with zero attached hydrogens (tertiary/aromatic N) is 3. The topological polar surface area (TPSA) is 65.9 Å². The summed E-state index contributed by atoms with van der Waals surface area (Å²) in [5.41, 5.74) is 2.11. The maximum Gasteiger partial charge on any atom is 0.253 e. The van der Waals surface area contributed by atoms with E-state index >= 15 is 0 Å². The van der Waals surface area contributed by atoms with Crippen molar-refractivity contribution in [3.05, 3.63) is 47.0 Å². The number of hydrogen-bond acceptors (Lipinski definition) is 6. The molecule has 1 fully saturated rings. The van der Waals surface area contributed by atoms with Crippen molar-refractivity contribution in [1.82, 2.24) is 14.8 Å². The molecule has 1 N–H and O–H groups in total. The fourth-order valence-electron chi connectivity index (χ4n) is 3.44. The number of fused-ring (bicyclic) bond motifs is 1. The number of aromatic hydroxyl groups is 1. The van der Waals surface area contributed by atoms with Crippen LogP contribution in [0.4, 0.5) is 0 Å². The number of carbonyl (C=O) groups excluding carboxylic acids is 1. The molecule has 0 saturated carbocycles. The van der Waals surface area contributed by atoms with E-state index in [4.69, 9.17) is 16.3 Å². The first-order valence-corrected chi connectivity index (χ1v) is 10.6. The number of thiazole rings is 1. The number of halogens is 1. The minimum atomic E-state index is 0.0441. The van der Waals surface area contributed by atoms with Gasteiger partial charge in [-0.3, -0.25) is 9.69 Å². The van der Waals surface area contributed by atoms with Crippen LogP contribution >= 0.6 is 22.9 Å². The van der Waals surface area contributed by atoms with Gasteiger partial charge in [0, 0.05) is 50.4 Å². The number of carbonyl (C=O) groups is 1. The van der Waals surface area contributed by atoms with Crippen LogP contribution < -0.4 is 0 Å². The highest BCUT2D eigenvalue weighted by Crippen LogP contribution is 2.36. The molecule has 1 aromatic heterocycles. The predicted molar refractivity (Wildman–Crippen MR) is 116 cm³/mol. The molecule has 2 heterocycles. The smallest absolute Gasteiger partial charge is 0.253 e. The third kappa shape index (κ3) is 4.38. The molecule has 2 aromatic carbocycles. The molecule has 8 heteroatoms. The highest BCUT2D eigenvalue weighted by atomic mass is 35.5. The van der Waals surface area contributed by atoms with Gasteiger partial charge in [-0.05, 0) is 36.4 Å². The summed E-state index contributed by atoms with van der Waals surface area (Å²) in [6.07, 6.45) is 0. The molecule has 0 radical (unpaired) electrons. The van der Waals surface area contributed by atoms with Crippen molar-refractivity contribution in [2.24, 2.45) is 0 Å². The number of phenolic OH excluding ortho intramolecular Hbond substituents is 1. The van der Waals surface area contributed by atoms with Crippen LogP contribution in [0.25, 0.3) is 20.8 Å². The van der Waals surface area contributed by atoms with Crippen LogP contribution in [0.5, 0.6) is 5.75 Å². The van der Waals surface area contributed by atoms with E-state index in [9.17, 15) is 9.90 Å². The fraction of sp³-hybridized carbons (Fsp3) is 0.333. The summed E-state index contributed by atoms with van der Waals surface area (Å²) in [4.78, 5) is 21.8. The largest absolute Gasteiger partial charge is 0.507 e. The first-order valence-electron chi connectivity index (χ1n) is 9.45. The van der Waals surface area contributed by atoms with Gasteiger partial charge in [0.05, 0.1) is 22.4 Å². The van der Waals surface area contributed by atoms with Crippen molar-refractivity contribution in [1.29, 1.82) is 0 Å². The number of benzene rings is 2. The SMILES string of the molecule is COCCN1CCN(C(=O)c2ccc3nc(-c4ccc(Cl)cc4O)sc3c2)CC1. The van der Waals surface area contributed by atoms with E-state index in [2.05, 4.69) is 9.88 Å². The second-order valence-electron chi connectivity index (χ2n) is 6.99. The first kappa shape index (κ1) is 20.1. The number of aromatic nitrogens is 1. The van der Waals surface area contributed by atoms with Crippen molar-refractivity contribution >= 4 is 39.1 Å². The molecule has 152 valence electrons. The maximum atomic E-state index is 12.9. The average Bonchev–Trinajstić information content (AvgIpc) is 3.15. The van der Waals surface area contributed by atoms with Gasteiger partial charge in [0.2, 0.25) is 0 Å². The van der Waals surface area contributed by atoms with E-state index in [1.165, 1.54) is 17.4 Å². The van der Waals surface area contributed by atoms with Gasteiger partial charge >= 0.3 is 0 Å². The van der Waals surface area contributed by atoms with Gasteiger partial charge in [-0.15, -0.1) is 11.3 Å². The molecular weight excluding hydrogens is 410 g/mol. The maximum absolute atomic E-state index is 12.9. The molecule has 1 amide bonds. The molecule has 0 spiro atoms. The Bertz CT molecular complexity index is 1030. The number of amides is 1. The van der Waals surface area contributed by atoms with Crippen LogP contribution in [0, 0.1) is 0 Å². The summed E-state index contributed by atoms with van der Waals surface area (Å²) in [5.74, 6) is 0.141. The highest BCUT2D eigenvalue weighted by molar-refractivity contribution is 7.21. The number of piperazine rings is 1. The minimum Gasteiger partial charge on any atom is -0.507 e. The third-order valence-corrected chi connectivity index (χ3v) is 6.38. The molecule has 0 bridgehead atoms. The Hall–Kier alpha value is -2.19. The van der Waals surface area contributed by atoms with Crippen molar-refractivity contribution in [2.75, 3.05) is 46.4 Å². The molecule has 0 aliphatic carbocycles. The van der Waals surface area contributed by atoms with Crippen molar-refractivity contribution in [3.8, 4) is 16.3 Å². The van der Waals surface area contributed by atoms with Crippen molar-refractivity contribution in [2.45, 2.75) is 0 Å². The van der Waals surface area contributed by atoms with E-state index in [0.717, 1.165) is 29.9 Å². The van der Waals surface area contributed by atoms with Gasteiger partial charge in [0.25, 0.3) is 5.91 Å². The Kier molecular flexibility index (Phi) is 6.01. The lowest BCUT2D eigenvalue weighted by atomic mass is 10.1. The van der Waals surface area contributed by atoms with Crippen LogP contribution in [0.15, 0.2) is 36.4 Å². The Labute approximate surface area is 178 Å². The summed E-state index contributed by atoms with van der Waals surface area (Å²) in [6, 6.07) is 10.6. The summed E-state index contributed by atoms with van der Waals surface area (Å²) in [5, 5.41) is 11.3. The number of rotatable bonds is 5. The van der Waals surface area contributed by atoms with E-state index in [-0.39, 0.29) is 11.7 Å². The van der Waals surface area contributed by atoms with Gasteiger partial charge in [0.1, 0.15) is 10.8 Å². The molecule has 1 aliphatic rings. The number of methoxy groups -OCH3 is 1. The third-order valence-electron chi connectivity index (χ3n) is 5.10. The first-order chi connectivity index (χ1) is 14.0. The number of ether oxygens (including phenoxy) is 1. The highest BCUT2D eigenvalue weighted by Gasteiger charge is 2.22. The molecular formula is C21H22ClN3O3S. The standard InChI is InChI=1S/C21H22ClN3O3S/c1-28-11-10-24-6-8-25(9-7-24)21(27)14-2-5-17-19(12-14)29-20(23-17)16-4-3-15(22)13-18(16)26/h2-5,12-13,26H,6-11H2,1H3. The summed E-state index contributed by atoms with van der Waals surface area (Å²) in [7, 11) is 1.70. The van der Waals surface area contributed by atoms with Gasteiger partial charge in [0.15, 0.2) is 0 Å². The van der Waals surface area contributed by atoms with Gasteiger partial charge < -0.3 is 14.7 Å². The summed E-state index contributed by atoms with van der Waals surface area (Å²) < 4.78 is 6.04. The minimum absolute atomic E-state index is 0.0441. The Morgan fingerprint density at radius 3 is 2.72 bits per heavy atom. The molecule has 4 rings (SSSR count). The van der Waals surface area contributed by atoms with Gasteiger partial charge in [-0.2, -0.15) is 0 Å². The molecule has 3 aromatic rings. The van der Waals surface area contributed by atoms with E-state index in [1.807, 2.05) is 23.1 Å². The lowest BCUT2D eigenvalue weighted by molar-refractivity contribution is 0.0594. The number of hydrogen-bond donors (Lipinski definition) is 1. The van der Waals surface area contributed by atoms with Crippen LogP contribution in [-0.2, 0) is 4.74 Å². The Morgan fingerprint density at radius 1 is 1.21 bits per heavy atom. The van der Waals surface area contributed by atoms with Gasteiger partial charge in [-0.1, -0.05) is 11.6 Å². The quantitative estimate of drug-likeness (QED) is 0.666. The summed E-state index contributed by atoms with van der Waals surface area (Å²) in [6.45, 7) is 4.75. The zero-order valence-corrected chi connectivity index (χ0v) is 17.7. The lowest BCUT2D eigenvalue weighted by Gasteiger charge is -2.34. The van der Waals surface area contributed by atoms with Crippen LogP contribution in [0.1, 0.15) is 10.4 Å². The molecule has 6 nitrogen and oxygen atoms in total. The second-order valence-corrected chi connectivity index (χ2v) is 8.46. The molecule has 0 unspecified atom stereocenters.